The number of rotatable bonds is 4. The number of imidazole rings is 1. The van der Waals surface area contributed by atoms with E-state index in [1.54, 1.807) is 0 Å². The summed E-state index contributed by atoms with van der Waals surface area (Å²) in [4.78, 5) is 46.0. The minimum Gasteiger partial charge on any atom is -0.387 e. The molecule has 0 saturated carbocycles. The van der Waals surface area contributed by atoms with E-state index >= 15 is 0 Å². The van der Waals surface area contributed by atoms with Crippen LogP contribution in [0.15, 0.2) is 15.9 Å². The van der Waals surface area contributed by atoms with E-state index in [-0.39, 0.29) is 11.2 Å². The maximum absolute atomic E-state index is 12.2. The van der Waals surface area contributed by atoms with Crippen molar-refractivity contribution in [3.8, 4) is 0 Å². The zero-order chi connectivity index (χ0) is 21.0. The summed E-state index contributed by atoms with van der Waals surface area (Å²) in [5.74, 6) is 0. The molecule has 2 aromatic rings. The molecule has 5 N–H and O–H groups in total. The summed E-state index contributed by atoms with van der Waals surface area (Å²) in [6.07, 6.45) is -6.97. The van der Waals surface area contributed by atoms with E-state index in [0.29, 0.717) is 0 Å². The number of aliphatic hydroxyl groups is 3. The number of nitrogens with zero attached hydrogens (tertiary/aromatic N) is 4. The summed E-state index contributed by atoms with van der Waals surface area (Å²) in [7, 11) is -2.26. The molecule has 3 heterocycles. The summed E-state index contributed by atoms with van der Waals surface area (Å²) in [5.41, 5.74) is -1.49. The quantitative estimate of drug-likeness (QED) is 0.307. The highest BCUT2D eigenvalue weighted by Crippen LogP contribution is 2.38. The Bertz CT molecular complexity index is 1050. The molecule has 0 spiro atoms. The highest BCUT2D eigenvalue weighted by Gasteiger charge is 2.45. The first-order valence-corrected chi connectivity index (χ1v) is 9.49. The van der Waals surface area contributed by atoms with E-state index < -0.39 is 56.3 Å². The zero-order valence-electron chi connectivity index (χ0n) is 14.7. The maximum atomic E-state index is 12.2. The number of aromatic nitrogens is 4. The minimum atomic E-state index is -4.88. The van der Waals surface area contributed by atoms with Crippen LogP contribution in [0, 0.1) is 0 Å². The fourth-order valence-electron chi connectivity index (χ4n) is 3.05. The van der Waals surface area contributed by atoms with Crippen molar-refractivity contribution in [3.05, 3.63) is 27.2 Å². The van der Waals surface area contributed by atoms with Crippen LogP contribution in [0.1, 0.15) is 6.23 Å². The summed E-state index contributed by atoms with van der Waals surface area (Å²) in [5, 5.41) is 30.4. The van der Waals surface area contributed by atoms with Crippen LogP contribution in [0.25, 0.3) is 11.2 Å². The largest absolute Gasteiger partial charge is 0.469 e. The summed E-state index contributed by atoms with van der Waals surface area (Å²) < 4.78 is 23.7. The smallest absolute Gasteiger partial charge is 0.387 e. The van der Waals surface area contributed by atoms with E-state index in [2.05, 4.69) is 9.51 Å². The average Bonchev–Trinajstić information content (AvgIpc) is 3.06. The molecule has 3 rings (SSSR count). The van der Waals surface area contributed by atoms with Crippen molar-refractivity contribution >= 4 is 19.0 Å². The first kappa shape index (κ1) is 20.8. The molecule has 0 aliphatic carbocycles. The third-order valence-electron chi connectivity index (χ3n) is 4.53. The predicted molar refractivity (Wildman–Crippen MR) is 90.1 cm³/mol. The number of phosphoric ester groups is 1. The molecule has 1 aliphatic heterocycles. The molecule has 14 nitrogen and oxygen atoms in total. The number of aryl methyl sites for hydroxylation is 1. The Morgan fingerprint density at radius 1 is 1.14 bits per heavy atom. The SMILES string of the molecule is Cn1c(=O)c2ncn(C3OC(COP(=O)(O)O)C(O)C(O)C3O)c2n(C)c1=O. The van der Waals surface area contributed by atoms with Gasteiger partial charge in [0, 0.05) is 14.1 Å². The first-order chi connectivity index (χ1) is 12.9. The fraction of sp³-hybridized carbons (Fsp3) is 0.615. The lowest BCUT2D eigenvalue weighted by Crippen LogP contribution is -2.56. The molecule has 1 fully saturated rings. The average molecular weight is 422 g/mol. The van der Waals surface area contributed by atoms with Gasteiger partial charge >= 0.3 is 13.5 Å². The minimum absolute atomic E-state index is 0.0182. The van der Waals surface area contributed by atoms with Gasteiger partial charge in [0.2, 0.25) is 0 Å². The first-order valence-electron chi connectivity index (χ1n) is 7.96. The molecule has 156 valence electrons. The van der Waals surface area contributed by atoms with Crippen molar-refractivity contribution in [1.82, 2.24) is 18.7 Å². The molecule has 15 heteroatoms. The van der Waals surface area contributed by atoms with Gasteiger partial charge in [0.05, 0.1) is 12.9 Å². The Morgan fingerprint density at radius 3 is 2.39 bits per heavy atom. The standard InChI is InChI=1S/C13H19N4O10P/c1-15-10-6(11(21)16(2)13(15)22)14-4-17(10)12-9(20)8(19)7(18)5(27-12)3-26-28(23,24)25/h4-5,7-9,12,18-20H,3H2,1-2H3,(H2,23,24,25). The van der Waals surface area contributed by atoms with Crippen LogP contribution in [0.3, 0.4) is 0 Å². The van der Waals surface area contributed by atoms with Crippen LogP contribution in [-0.2, 0) is 27.9 Å². The molecule has 0 aromatic carbocycles. The molecule has 5 unspecified atom stereocenters. The molecular formula is C13H19N4O10P. The van der Waals surface area contributed by atoms with Gasteiger partial charge in [0.25, 0.3) is 5.56 Å². The number of fused-ring (bicyclic) bond motifs is 1. The van der Waals surface area contributed by atoms with Crippen LogP contribution in [0.2, 0.25) is 0 Å². The Labute approximate surface area is 156 Å². The molecule has 0 radical (unpaired) electrons. The zero-order valence-corrected chi connectivity index (χ0v) is 15.6. The second kappa shape index (κ2) is 7.17. The van der Waals surface area contributed by atoms with Crippen LogP contribution < -0.4 is 11.2 Å². The van der Waals surface area contributed by atoms with Crippen molar-refractivity contribution in [2.45, 2.75) is 30.6 Å². The van der Waals surface area contributed by atoms with E-state index in [9.17, 15) is 29.5 Å². The normalized spacial score (nSPS) is 28.8. The Balaban J connectivity index is 2.06. The van der Waals surface area contributed by atoms with E-state index in [1.165, 1.54) is 14.1 Å². The lowest BCUT2D eigenvalue weighted by molar-refractivity contribution is -0.249. The third-order valence-corrected chi connectivity index (χ3v) is 5.02. The highest BCUT2D eigenvalue weighted by atomic mass is 31.2. The van der Waals surface area contributed by atoms with Crippen molar-refractivity contribution in [3.63, 3.8) is 0 Å². The van der Waals surface area contributed by atoms with Gasteiger partial charge in [-0.15, -0.1) is 0 Å². The van der Waals surface area contributed by atoms with Crippen molar-refractivity contribution in [2.24, 2.45) is 14.1 Å². The summed E-state index contributed by atoms with van der Waals surface area (Å²) in [6, 6.07) is 0. The molecule has 1 saturated heterocycles. The molecule has 5 atom stereocenters. The van der Waals surface area contributed by atoms with Crippen molar-refractivity contribution < 1.29 is 38.9 Å². The second-order valence-electron chi connectivity index (χ2n) is 6.35. The van der Waals surface area contributed by atoms with Crippen LogP contribution >= 0.6 is 7.82 Å². The fourth-order valence-corrected chi connectivity index (χ4v) is 3.40. The van der Waals surface area contributed by atoms with Gasteiger partial charge in [-0.25, -0.2) is 14.3 Å². The second-order valence-corrected chi connectivity index (χ2v) is 7.59. The third kappa shape index (κ3) is 3.44. The predicted octanol–water partition coefficient (Wildman–Crippen LogP) is -3.48. The van der Waals surface area contributed by atoms with Gasteiger partial charge in [-0.1, -0.05) is 0 Å². The molecule has 1 aliphatic rings. The van der Waals surface area contributed by atoms with Gasteiger partial charge in [-0.3, -0.25) is 23.0 Å². The van der Waals surface area contributed by atoms with E-state index in [4.69, 9.17) is 14.5 Å². The van der Waals surface area contributed by atoms with Crippen LogP contribution in [0.5, 0.6) is 0 Å². The van der Waals surface area contributed by atoms with Crippen molar-refractivity contribution in [2.75, 3.05) is 6.61 Å². The Morgan fingerprint density at radius 2 is 1.79 bits per heavy atom. The van der Waals surface area contributed by atoms with Crippen LogP contribution in [0.4, 0.5) is 0 Å². The van der Waals surface area contributed by atoms with Gasteiger partial charge in [0.15, 0.2) is 17.4 Å². The number of hydrogen-bond donors (Lipinski definition) is 5. The molecule has 0 bridgehead atoms. The Kier molecular flexibility index (Phi) is 5.33. The van der Waals surface area contributed by atoms with Gasteiger partial charge in [-0.2, -0.15) is 0 Å². The molecule has 2 aromatic heterocycles. The number of ether oxygens (including phenoxy) is 1. The molecule has 28 heavy (non-hydrogen) atoms. The number of hydrogen-bond acceptors (Lipinski definition) is 9. The summed E-state index contributed by atoms with van der Waals surface area (Å²) in [6.45, 7) is -0.793. The highest BCUT2D eigenvalue weighted by molar-refractivity contribution is 7.46. The summed E-state index contributed by atoms with van der Waals surface area (Å²) >= 11 is 0. The van der Waals surface area contributed by atoms with E-state index in [0.717, 1.165) is 20.0 Å². The van der Waals surface area contributed by atoms with Crippen LogP contribution in [-0.4, -0.2) is 74.8 Å². The van der Waals surface area contributed by atoms with Crippen molar-refractivity contribution in [1.29, 1.82) is 0 Å². The maximum Gasteiger partial charge on any atom is 0.469 e. The molecule has 0 amide bonds. The lowest BCUT2D eigenvalue weighted by Gasteiger charge is -2.40. The van der Waals surface area contributed by atoms with Gasteiger partial charge < -0.3 is 29.8 Å². The Hall–Kier alpha value is -1.90. The van der Waals surface area contributed by atoms with E-state index in [1.807, 2.05) is 0 Å². The van der Waals surface area contributed by atoms with Gasteiger partial charge in [-0.05, 0) is 0 Å². The lowest BCUT2D eigenvalue weighted by atomic mass is 9.98. The number of phosphoric acid groups is 1. The molecular weight excluding hydrogens is 403 g/mol. The topological polar surface area (TPSA) is 198 Å². The van der Waals surface area contributed by atoms with Gasteiger partial charge in [0.1, 0.15) is 24.4 Å². The number of aliphatic hydroxyl groups excluding tert-OH is 3. The monoisotopic (exact) mass is 422 g/mol.